The molecule has 1 aromatic carbocycles. The molecule has 0 heterocycles. The van der Waals surface area contributed by atoms with Crippen LogP contribution in [0.5, 0.6) is 5.75 Å². The standard InChI is InChI=1S/C14H20FNO2/c1-4-7-18-11(2)9-16-10-12-5-6-13(17-3)8-14(12)15/h4-6,8,11,16H,1,7,9-10H2,2-3H3. The summed E-state index contributed by atoms with van der Waals surface area (Å²) in [6.07, 6.45) is 1.78. The number of hydrogen-bond acceptors (Lipinski definition) is 3. The molecule has 100 valence electrons. The highest BCUT2D eigenvalue weighted by Gasteiger charge is 2.05. The van der Waals surface area contributed by atoms with Crippen molar-refractivity contribution in [3.63, 3.8) is 0 Å². The largest absolute Gasteiger partial charge is 0.497 e. The summed E-state index contributed by atoms with van der Waals surface area (Å²) in [5.41, 5.74) is 0.617. The first-order valence-corrected chi connectivity index (χ1v) is 5.93. The van der Waals surface area contributed by atoms with Crippen LogP contribution in [0.1, 0.15) is 12.5 Å². The van der Waals surface area contributed by atoms with Crippen molar-refractivity contribution in [2.45, 2.75) is 19.6 Å². The predicted molar refractivity (Wildman–Crippen MR) is 70.3 cm³/mol. The molecule has 0 saturated heterocycles. The van der Waals surface area contributed by atoms with Crippen LogP contribution in [0.4, 0.5) is 4.39 Å². The molecule has 0 fully saturated rings. The van der Waals surface area contributed by atoms with Gasteiger partial charge in [-0.3, -0.25) is 0 Å². The quantitative estimate of drug-likeness (QED) is 0.722. The van der Waals surface area contributed by atoms with Crippen molar-refractivity contribution < 1.29 is 13.9 Å². The van der Waals surface area contributed by atoms with Crippen molar-refractivity contribution in [3.05, 3.63) is 42.2 Å². The zero-order chi connectivity index (χ0) is 13.4. The van der Waals surface area contributed by atoms with Crippen molar-refractivity contribution in [3.8, 4) is 5.75 Å². The van der Waals surface area contributed by atoms with Crippen LogP contribution in [0, 0.1) is 5.82 Å². The van der Waals surface area contributed by atoms with E-state index in [1.54, 1.807) is 18.2 Å². The lowest BCUT2D eigenvalue weighted by Crippen LogP contribution is -2.26. The van der Waals surface area contributed by atoms with Gasteiger partial charge in [0.05, 0.1) is 19.8 Å². The molecule has 0 saturated carbocycles. The average molecular weight is 253 g/mol. The fourth-order valence-electron chi connectivity index (χ4n) is 1.50. The molecule has 4 heteroatoms. The summed E-state index contributed by atoms with van der Waals surface area (Å²) in [5.74, 6) is 0.264. The second-order valence-electron chi connectivity index (χ2n) is 4.02. The third kappa shape index (κ3) is 4.85. The van der Waals surface area contributed by atoms with E-state index in [0.717, 1.165) is 0 Å². The van der Waals surface area contributed by atoms with Crippen LogP contribution in [0.3, 0.4) is 0 Å². The molecule has 1 rings (SSSR count). The Morgan fingerprint density at radius 2 is 2.28 bits per heavy atom. The van der Waals surface area contributed by atoms with E-state index in [1.807, 2.05) is 6.92 Å². The molecule has 0 spiro atoms. The SMILES string of the molecule is C=CCOC(C)CNCc1ccc(OC)cc1F. The minimum atomic E-state index is -0.262. The molecule has 0 aromatic heterocycles. The lowest BCUT2D eigenvalue weighted by atomic mass is 10.2. The zero-order valence-electron chi connectivity index (χ0n) is 10.9. The third-order valence-corrected chi connectivity index (χ3v) is 2.51. The van der Waals surface area contributed by atoms with Gasteiger partial charge in [-0.25, -0.2) is 4.39 Å². The lowest BCUT2D eigenvalue weighted by molar-refractivity contribution is 0.0877. The fraction of sp³-hybridized carbons (Fsp3) is 0.429. The van der Waals surface area contributed by atoms with Crippen LogP contribution in [-0.4, -0.2) is 26.4 Å². The van der Waals surface area contributed by atoms with Gasteiger partial charge in [0, 0.05) is 24.7 Å². The number of halogens is 1. The van der Waals surface area contributed by atoms with Crippen LogP contribution in [0.15, 0.2) is 30.9 Å². The van der Waals surface area contributed by atoms with E-state index in [2.05, 4.69) is 11.9 Å². The van der Waals surface area contributed by atoms with E-state index < -0.39 is 0 Å². The topological polar surface area (TPSA) is 30.5 Å². The van der Waals surface area contributed by atoms with Crippen LogP contribution in [0.25, 0.3) is 0 Å². The Morgan fingerprint density at radius 3 is 2.89 bits per heavy atom. The maximum Gasteiger partial charge on any atom is 0.131 e. The first-order valence-electron chi connectivity index (χ1n) is 5.93. The first-order chi connectivity index (χ1) is 8.67. The van der Waals surface area contributed by atoms with Crippen molar-refractivity contribution in [2.24, 2.45) is 0 Å². The summed E-state index contributed by atoms with van der Waals surface area (Å²) in [7, 11) is 1.52. The maximum atomic E-state index is 13.6. The number of benzene rings is 1. The van der Waals surface area contributed by atoms with E-state index in [1.165, 1.54) is 13.2 Å². The molecule has 18 heavy (non-hydrogen) atoms. The Balaban J connectivity index is 2.37. The van der Waals surface area contributed by atoms with Gasteiger partial charge in [-0.05, 0) is 13.0 Å². The summed E-state index contributed by atoms with van der Waals surface area (Å²) in [6.45, 7) is 7.20. The number of hydrogen-bond donors (Lipinski definition) is 1. The van der Waals surface area contributed by atoms with Gasteiger partial charge in [-0.15, -0.1) is 6.58 Å². The van der Waals surface area contributed by atoms with E-state index in [-0.39, 0.29) is 11.9 Å². The van der Waals surface area contributed by atoms with Gasteiger partial charge in [0.15, 0.2) is 0 Å². The summed E-state index contributed by atoms with van der Waals surface area (Å²) in [5, 5.41) is 3.15. The molecule has 1 aromatic rings. The minimum absolute atomic E-state index is 0.0734. The fourth-order valence-corrected chi connectivity index (χ4v) is 1.50. The van der Waals surface area contributed by atoms with E-state index in [0.29, 0.717) is 31.0 Å². The van der Waals surface area contributed by atoms with Gasteiger partial charge in [0.25, 0.3) is 0 Å². The predicted octanol–water partition coefficient (Wildman–Crippen LogP) is 2.52. The molecule has 0 aliphatic heterocycles. The molecular formula is C14H20FNO2. The van der Waals surface area contributed by atoms with Crippen LogP contribution in [-0.2, 0) is 11.3 Å². The molecule has 1 atom stereocenters. The van der Waals surface area contributed by atoms with Crippen LogP contribution >= 0.6 is 0 Å². The van der Waals surface area contributed by atoms with Crippen molar-refractivity contribution in [1.82, 2.24) is 5.32 Å². The van der Waals surface area contributed by atoms with E-state index in [9.17, 15) is 4.39 Å². The second-order valence-corrected chi connectivity index (χ2v) is 4.02. The summed E-state index contributed by atoms with van der Waals surface area (Å²) >= 11 is 0. The lowest BCUT2D eigenvalue weighted by Gasteiger charge is -2.13. The Labute approximate surface area is 108 Å². The number of rotatable bonds is 8. The highest BCUT2D eigenvalue weighted by molar-refractivity contribution is 5.28. The van der Waals surface area contributed by atoms with Crippen LogP contribution in [0.2, 0.25) is 0 Å². The highest BCUT2D eigenvalue weighted by atomic mass is 19.1. The minimum Gasteiger partial charge on any atom is -0.497 e. The normalized spacial score (nSPS) is 12.2. The number of ether oxygens (including phenoxy) is 2. The average Bonchev–Trinajstić information content (AvgIpc) is 2.38. The molecule has 3 nitrogen and oxygen atoms in total. The molecule has 1 N–H and O–H groups in total. The zero-order valence-corrected chi connectivity index (χ0v) is 10.9. The number of methoxy groups -OCH3 is 1. The molecule has 0 amide bonds. The smallest absolute Gasteiger partial charge is 0.131 e. The highest BCUT2D eigenvalue weighted by Crippen LogP contribution is 2.15. The molecular weight excluding hydrogens is 233 g/mol. The van der Waals surface area contributed by atoms with Gasteiger partial charge in [0.2, 0.25) is 0 Å². The van der Waals surface area contributed by atoms with Gasteiger partial charge in [-0.1, -0.05) is 12.1 Å². The van der Waals surface area contributed by atoms with E-state index >= 15 is 0 Å². The summed E-state index contributed by atoms with van der Waals surface area (Å²) in [6, 6.07) is 4.85. The van der Waals surface area contributed by atoms with Gasteiger partial charge >= 0.3 is 0 Å². The van der Waals surface area contributed by atoms with Crippen LogP contribution < -0.4 is 10.1 Å². The van der Waals surface area contributed by atoms with Crippen molar-refractivity contribution in [2.75, 3.05) is 20.3 Å². The third-order valence-electron chi connectivity index (χ3n) is 2.51. The molecule has 1 unspecified atom stereocenters. The van der Waals surface area contributed by atoms with E-state index in [4.69, 9.17) is 9.47 Å². The molecule has 0 radical (unpaired) electrons. The Bertz CT molecular complexity index is 382. The Morgan fingerprint density at radius 1 is 1.50 bits per heavy atom. The van der Waals surface area contributed by atoms with Crippen molar-refractivity contribution >= 4 is 0 Å². The van der Waals surface area contributed by atoms with Gasteiger partial charge < -0.3 is 14.8 Å². The monoisotopic (exact) mass is 253 g/mol. The second kappa shape index (κ2) is 7.84. The molecule has 0 aliphatic rings. The molecule has 0 aliphatic carbocycles. The van der Waals surface area contributed by atoms with Crippen molar-refractivity contribution in [1.29, 1.82) is 0 Å². The Kier molecular flexibility index (Phi) is 6.39. The first kappa shape index (κ1) is 14.7. The molecule has 0 bridgehead atoms. The van der Waals surface area contributed by atoms with Gasteiger partial charge in [0.1, 0.15) is 11.6 Å². The summed E-state index contributed by atoms with van der Waals surface area (Å²) in [4.78, 5) is 0. The van der Waals surface area contributed by atoms with Gasteiger partial charge in [-0.2, -0.15) is 0 Å². The summed E-state index contributed by atoms with van der Waals surface area (Å²) < 4.78 is 23.9. The maximum absolute atomic E-state index is 13.6. The Hall–Kier alpha value is -1.39. The number of nitrogens with one attached hydrogen (secondary N) is 1.